The molecule has 0 amide bonds. The predicted molar refractivity (Wildman–Crippen MR) is 253 cm³/mol. The molecule has 4 nitrogen and oxygen atoms in total. The van der Waals surface area contributed by atoms with E-state index in [9.17, 15) is 0 Å². The molecule has 4 heteroatoms. The summed E-state index contributed by atoms with van der Waals surface area (Å²) in [6, 6.07) is 73.8. The second-order valence-corrected chi connectivity index (χ2v) is 16.5. The minimum Gasteiger partial charge on any atom is -0.244 e. The fourth-order valence-electron chi connectivity index (χ4n) is 10.2. The Morgan fingerprint density at radius 2 is 0.629 bits per heavy atom. The lowest BCUT2D eigenvalue weighted by atomic mass is 9.88. The summed E-state index contributed by atoms with van der Waals surface area (Å²) in [6.45, 7) is 0. The summed E-state index contributed by atoms with van der Waals surface area (Å²) in [5.74, 6) is 0.302. The van der Waals surface area contributed by atoms with Gasteiger partial charge >= 0.3 is 0 Å². The van der Waals surface area contributed by atoms with Crippen molar-refractivity contribution in [3.63, 3.8) is 0 Å². The van der Waals surface area contributed by atoms with Crippen LogP contribution >= 0.6 is 0 Å². The first kappa shape index (κ1) is 34.8. The standard InChI is InChI=1S/C58H36N4/c1-11-23-49-39(13-1)33-51-57(59-49)55(37-29-25-35(26-30-37)53-45-19-7-3-15-41(45)42-16-4-8-20-46(42)53)62-52-34-40-14-2-12-24-50(40)60-58(52)56(61-51)38-31-27-36(28-32-38)54-47-21-9-5-17-43(47)44-18-6-10-22-48(44)54/h1-34,53-54H/b57-55?,58-56?,61-51?,61-56-,62-52?,62-55-. The quantitative estimate of drug-likeness (QED) is 0.178. The number of fused-ring (bicyclic) bond motifs is 10. The van der Waals surface area contributed by atoms with Gasteiger partial charge in [-0.05, 0) is 79.9 Å². The van der Waals surface area contributed by atoms with Crippen LogP contribution in [-0.2, 0) is 0 Å². The van der Waals surface area contributed by atoms with Crippen LogP contribution in [0.5, 0.6) is 0 Å². The van der Waals surface area contributed by atoms with Crippen LogP contribution in [0.15, 0.2) is 216 Å². The molecule has 0 bridgehead atoms. The van der Waals surface area contributed by atoms with Crippen molar-refractivity contribution in [1.29, 1.82) is 0 Å². The van der Waals surface area contributed by atoms with Crippen molar-refractivity contribution in [3.8, 4) is 22.3 Å². The van der Waals surface area contributed by atoms with Crippen molar-refractivity contribution in [2.75, 3.05) is 0 Å². The van der Waals surface area contributed by atoms with Crippen molar-refractivity contribution in [3.05, 3.63) is 262 Å². The Bertz CT molecular complexity index is 3200. The topological polar surface area (TPSA) is 50.5 Å². The Morgan fingerprint density at radius 1 is 0.306 bits per heavy atom. The number of pyridine rings is 2. The van der Waals surface area contributed by atoms with Crippen molar-refractivity contribution in [1.82, 2.24) is 9.97 Å². The summed E-state index contributed by atoms with van der Waals surface area (Å²) in [5, 5.41) is 2.03. The van der Waals surface area contributed by atoms with Crippen molar-refractivity contribution in [2.45, 2.75) is 11.8 Å². The molecule has 3 aliphatic rings. The van der Waals surface area contributed by atoms with Crippen LogP contribution in [0.25, 0.3) is 44.1 Å². The van der Waals surface area contributed by atoms with E-state index < -0.39 is 0 Å². The molecule has 0 saturated carbocycles. The number of aliphatic imine (C=N–C) groups is 2. The van der Waals surface area contributed by atoms with Crippen LogP contribution in [0, 0.1) is 0 Å². The third-order valence-corrected chi connectivity index (χ3v) is 13.0. The van der Waals surface area contributed by atoms with Gasteiger partial charge in [0.15, 0.2) is 0 Å². The van der Waals surface area contributed by atoms with Crippen LogP contribution in [-0.4, -0.2) is 21.4 Å². The van der Waals surface area contributed by atoms with E-state index >= 15 is 0 Å². The van der Waals surface area contributed by atoms with E-state index in [4.69, 9.17) is 20.0 Å². The second kappa shape index (κ2) is 13.7. The molecule has 0 atom stereocenters. The second-order valence-electron chi connectivity index (χ2n) is 16.5. The zero-order valence-corrected chi connectivity index (χ0v) is 33.6. The monoisotopic (exact) mass is 788 g/mol. The number of benzene rings is 8. The molecule has 2 aromatic heterocycles. The minimum atomic E-state index is 0.151. The SMILES string of the molecule is c1ccc2c(c1)-c1ccccc1C2c1ccc(/C2=N/c3cc4ccccc4nc3/C(c3ccc(C4c5ccccc5-c5ccccc54)cc3)=N\c3cc4ccccc4nc32)cc1. The molecule has 0 spiro atoms. The number of para-hydroxylation sites is 2. The molecule has 0 radical (unpaired) electrons. The lowest BCUT2D eigenvalue weighted by Gasteiger charge is -2.20. The summed E-state index contributed by atoms with van der Waals surface area (Å²) < 4.78 is 0. The zero-order valence-electron chi connectivity index (χ0n) is 33.6. The first-order chi connectivity index (χ1) is 30.7. The number of nitrogens with zero attached hydrogens (tertiary/aromatic N) is 4. The predicted octanol–water partition coefficient (Wildman–Crippen LogP) is 13.8. The largest absolute Gasteiger partial charge is 0.244 e. The molecule has 2 aliphatic carbocycles. The van der Waals surface area contributed by atoms with Gasteiger partial charge in [-0.2, -0.15) is 0 Å². The molecule has 62 heavy (non-hydrogen) atoms. The summed E-state index contributed by atoms with van der Waals surface area (Å²) in [7, 11) is 0. The molecule has 0 saturated heterocycles. The van der Waals surface area contributed by atoms with E-state index in [1.54, 1.807) is 0 Å². The maximum atomic E-state index is 5.58. The van der Waals surface area contributed by atoms with Gasteiger partial charge in [0.25, 0.3) is 0 Å². The first-order valence-corrected chi connectivity index (χ1v) is 21.3. The Hall–Kier alpha value is -8.08. The Kier molecular flexibility index (Phi) is 7.70. The average Bonchev–Trinajstić information content (AvgIpc) is 3.85. The maximum Gasteiger partial charge on any atom is 0.116 e. The number of aromatic nitrogens is 2. The summed E-state index contributed by atoms with van der Waals surface area (Å²) in [6.07, 6.45) is 0. The third kappa shape index (κ3) is 5.40. The normalized spacial score (nSPS) is 15.5. The van der Waals surface area contributed by atoms with E-state index in [0.717, 1.165) is 67.1 Å². The van der Waals surface area contributed by atoms with Crippen LogP contribution in [0.1, 0.15) is 67.7 Å². The van der Waals surface area contributed by atoms with Gasteiger partial charge in [-0.25, -0.2) is 20.0 Å². The molecule has 288 valence electrons. The highest BCUT2D eigenvalue weighted by atomic mass is 14.9. The molecule has 1 aliphatic heterocycles. The molecule has 0 N–H and O–H groups in total. The molecule has 8 aromatic carbocycles. The molecular weight excluding hydrogens is 753 g/mol. The molecular formula is C58H36N4. The molecule has 3 heterocycles. The fourth-order valence-corrected chi connectivity index (χ4v) is 10.2. The third-order valence-electron chi connectivity index (χ3n) is 13.0. The van der Waals surface area contributed by atoms with Crippen LogP contribution < -0.4 is 0 Å². The van der Waals surface area contributed by atoms with Crippen LogP contribution in [0.3, 0.4) is 0 Å². The van der Waals surface area contributed by atoms with E-state index in [-0.39, 0.29) is 11.8 Å². The van der Waals surface area contributed by atoms with Gasteiger partial charge < -0.3 is 0 Å². The van der Waals surface area contributed by atoms with Crippen molar-refractivity contribution >= 4 is 44.6 Å². The highest BCUT2D eigenvalue weighted by Gasteiger charge is 2.32. The lowest BCUT2D eigenvalue weighted by Crippen LogP contribution is -2.13. The molecule has 13 rings (SSSR count). The van der Waals surface area contributed by atoms with Gasteiger partial charge in [0.05, 0.1) is 33.8 Å². The van der Waals surface area contributed by atoms with Crippen LogP contribution in [0.2, 0.25) is 0 Å². The molecule has 0 fully saturated rings. The fraction of sp³-hybridized carbons (Fsp3) is 0.0345. The van der Waals surface area contributed by atoms with E-state index in [1.165, 1.54) is 55.6 Å². The first-order valence-electron chi connectivity index (χ1n) is 21.3. The maximum absolute atomic E-state index is 5.58. The van der Waals surface area contributed by atoms with E-state index in [2.05, 4.69) is 194 Å². The number of hydrogen-bond acceptors (Lipinski definition) is 4. The highest BCUT2D eigenvalue weighted by molar-refractivity contribution is 6.22. The van der Waals surface area contributed by atoms with Crippen LogP contribution in [0.4, 0.5) is 11.4 Å². The van der Waals surface area contributed by atoms with Gasteiger partial charge in [0.2, 0.25) is 0 Å². The smallest absolute Gasteiger partial charge is 0.116 e. The van der Waals surface area contributed by atoms with Gasteiger partial charge in [-0.15, -0.1) is 0 Å². The van der Waals surface area contributed by atoms with Crippen molar-refractivity contribution in [2.24, 2.45) is 9.98 Å². The zero-order chi connectivity index (χ0) is 40.7. The Balaban J connectivity index is 0.979. The summed E-state index contributed by atoms with van der Waals surface area (Å²) in [4.78, 5) is 21.9. The van der Waals surface area contributed by atoms with E-state index in [1.807, 2.05) is 12.1 Å². The molecule has 0 unspecified atom stereocenters. The average molecular weight is 789 g/mol. The molecule has 10 aromatic rings. The highest BCUT2D eigenvalue weighted by Crippen LogP contribution is 2.49. The van der Waals surface area contributed by atoms with Gasteiger partial charge in [-0.3, -0.25) is 0 Å². The summed E-state index contributed by atoms with van der Waals surface area (Å²) >= 11 is 0. The van der Waals surface area contributed by atoms with E-state index in [0.29, 0.717) is 0 Å². The van der Waals surface area contributed by atoms with Gasteiger partial charge in [-0.1, -0.05) is 182 Å². The van der Waals surface area contributed by atoms with Gasteiger partial charge in [0, 0.05) is 33.7 Å². The Labute approximate surface area is 359 Å². The Morgan fingerprint density at radius 3 is 1.00 bits per heavy atom. The number of hydrogen-bond donors (Lipinski definition) is 0. The van der Waals surface area contributed by atoms with Crippen molar-refractivity contribution < 1.29 is 0 Å². The lowest BCUT2D eigenvalue weighted by molar-refractivity contribution is 1.01. The number of rotatable bonds is 4. The summed E-state index contributed by atoms with van der Waals surface area (Å²) in [5.41, 5.74) is 21.3. The van der Waals surface area contributed by atoms with Gasteiger partial charge in [0.1, 0.15) is 11.4 Å². The minimum absolute atomic E-state index is 0.151.